The van der Waals surface area contributed by atoms with Crippen LogP contribution in [0.25, 0.3) is 11.1 Å². The van der Waals surface area contributed by atoms with Crippen LogP contribution in [0.2, 0.25) is 0 Å². The van der Waals surface area contributed by atoms with Crippen LogP contribution in [0.3, 0.4) is 0 Å². The average molecular weight is 391 g/mol. The predicted molar refractivity (Wildman–Crippen MR) is 110 cm³/mol. The molecule has 27 heavy (non-hydrogen) atoms. The quantitative estimate of drug-likeness (QED) is 0.301. The van der Waals surface area contributed by atoms with Crippen LogP contribution in [-0.4, -0.2) is 17.0 Å². The Kier molecular flexibility index (Phi) is 10.2. The van der Waals surface area contributed by atoms with E-state index in [1.807, 2.05) is 30.3 Å². The number of halogens is 1. The summed E-state index contributed by atoms with van der Waals surface area (Å²) in [6.45, 7) is 2.17. The molecule has 0 aliphatic carbocycles. The minimum absolute atomic E-state index is 0. The molecule has 0 aromatic heterocycles. The van der Waals surface area contributed by atoms with Gasteiger partial charge in [-0.05, 0) is 35.7 Å². The van der Waals surface area contributed by atoms with Gasteiger partial charge >= 0.3 is 11.9 Å². The molecule has 0 unspecified atom stereocenters. The summed E-state index contributed by atoms with van der Waals surface area (Å²) in [6, 6.07) is 14.1. The lowest BCUT2D eigenvalue weighted by atomic mass is 9.99. The number of carboxylic acids is 1. The summed E-state index contributed by atoms with van der Waals surface area (Å²) in [7, 11) is 0. The molecule has 0 spiro atoms. The van der Waals surface area contributed by atoms with Gasteiger partial charge in [-0.1, -0.05) is 69.4 Å². The summed E-state index contributed by atoms with van der Waals surface area (Å²) >= 11 is 0. The van der Waals surface area contributed by atoms with Gasteiger partial charge in [0.25, 0.3) is 0 Å². The molecule has 0 amide bonds. The van der Waals surface area contributed by atoms with E-state index in [1.54, 1.807) is 12.1 Å². The third-order valence-electron chi connectivity index (χ3n) is 4.27. The first-order chi connectivity index (χ1) is 12.6. The van der Waals surface area contributed by atoms with Gasteiger partial charge in [0.15, 0.2) is 0 Å². The fraction of sp³-hybridized carbons (Fsp3) is 0.364. The number of hydrogen-bond donors (Lipinski definition) is 1. The van der Waals surface area contributed by atoms with Crippen LogP contribution in [0.4, 0.5) is 0 Å². The molecule has 0 saturated carbocycles. The molecule has 2 aromatic rings. The van der Waals surface area contributed by atoms with Crippen molar-refractivity contribution in [2.75, 3.05) is 0 Å². The predicted octanol–water partition coefficient (Wildman–Crippen LogP) is 6.13. The Morgan fingerprint density at radius 1 is 0.926 bits per heavy atom. The van der Waals surface area contributed by atoms with E-state index in [0.717, 1.165) is 24.8 Å². The molecule has 0 radical (unpaired) electrons. The highest BCUT2D eigenvalue weighted by molar-refractivity contribution is 5.96. The molecule has 2 aromatic carbocycles. The first kappa shape index (κ1) is 22.7. The number of esters is 1. The normalized spacial score (nSPS) is 10.1. The molecular weight excluding hydrogens is 364 g/mol. The van der Waals surface area contributed by atoms with Crippen LogP contribution in [0.15, 0.2) is 48.5 Å². The Bertz CT molecular complexity index is 728. The van der Waals surface area contributed by atoms with Crippen molar-refractivity contribution in [1.29, 1.82) is 0 Å². The van der Waals surface area contributed by atoms with Crippen molar-refractivity contribution in [2.24, 2.45) is 0 Å². The highest BCUT2D eigenvalue weighted by atomic mass is 35.5. The van der Waals surface area contributed by atoms with E-state index in [4.69, 9.17) is 4.74 Å². The summed E-state index contributed by atoms with van der Waals surface area (Å²) in [5.41, 5.74) is 1.55. The second-order valence-corrected chi connectivity index (χ2v) is 6.37. The van der Waals surface area contributed by atoms with Gasteiger partial charge in [0.2, 0.25) is 0 Å². The molecule has 0 bridgehead atoms. The molecule has 0 fully saturated rings. The Morgan fingerprint density at radius 2 is 1.59 bits per heavy atom. The fourth-order valence-corrected chi connectivity index (χ4v) is 2.87. The van der Waals surface area contributed by atoms with Crippen LogP contribution in [0.5, 0.6) is 5.75 Å². The standard InChI is InChI=1S/C22H26O4.ClH/c1-2-3-4-5-6-10-13-21(23)26-18-14-15-19(20(16-18)22(24)25)17-11-8-7-9-12-17;/h7-9,11-12,14-16H,2-6,10,13H2,1H3,(H,24,25);1H. The number of aromatic carboxylic acids is 1. The highest BCUT2D eigenvalue weighted by Gasteiger charge is 2.14. The van der Waals surface area contributed by atoms with Crippen molar-refractivity contribution < 1.29 is 19.4 Å². The number of carboxylic acid groups (broad SMARTS) is 1. The molecule has 0 aliphatic heterocycles. The average Bonchev–Trinajstić information content (AvgIpc) is 2.65. The third kappa shape index (κ3) is 7.43. The van der Waals surface area contributed by atoms with Crippen LogP contribution >= 0.6 is 12.4 Å². The van der Waals surface area contributed by atoms with Gasteiger partial charge in [-0.25, -0.2) is 4.79 Å². The van der Waals surface area contributed by atoms with Crippen molar-refractivity contribution in [3.05, 3.63) is 54.1 Å². The van der Waals surface area contributed by atoms with Gasteiger partial charge in [-0.3, -0.25) is 4.79 Å². The Balaban J connectivity index is 0.00000364. The summed E-state index contributed by atoms with van der Waals surface area (Å²) in [5, 5.41) is 9.49. The highest BCUT2D eigenvalue weighted by Crippen LogP contribution is 2.27. The molecule has 0 aliphatic rings. The SMILES string of the molecule is CCCCCCCCC(=O)Oc1ccc(-c2ccccc2)c(C(=O)O)c1.Cl. The molecule has 2 rings (SSSR count). The van der Waals surface area contributed by atoms with E-state index in [1.165, 1.54) is 25.3 Å². The maximum absolute atomic E-state index is 12.0. The molecule has 0 saturated heterocycles. The van der Waals surface area contributed by atoms with Gasteiger partial charge in [-0.2, -0.15) is 0 Å². The number of rotatable bonds is 10. The molecule has 4 nitrogen and oxygen atoms in total. The maximum atomic E-state index is 12.0. The summed E-state index contributed by atoms with van der Waals surface area (Å²) in [5.74, 6) is -1.08. The number of ether oxygens (including phenoxy) is 1. The Hall–Kier alpha value is -2.33. The van der Waals surface area contributed by atoms with Gasteiger partial charge in [0.05, 0.1) is 5.56 Å². The maximum Gasteiger partial charge on any atom is 0.336 e. The first-order valence-electron chi connectivity index (χ1n) is 9.25. The van der Waals surface area contributed by atoms with E-state index in [-0.39, 0.29) is 29.7 Å². The van der Waals surface area contributed by atoms with Gasteiger partial charge in [0, 0.05) is 6.42 Å². The molecule has 5 heteroatoms. The third-order valence-corrected chi connectivity index (χ3v) is 4.27. The number of benzene rings is 2. The van der Waals surface area contributed by atoms with Crippen LogP contribution in [0.1, 0.15) is 62.2 Å². The van der Waals surface area contributed by atoms with Gasteiger partial charge < -0.3 is 9.84 Å². The minimum Gasteiger partial charge on any atom is -0.478 e. The fourth-order valence-electron chi connectivity index (χ4n) is 2.87. The molecular formula is C22H27ClO4. The van der Waals surface area contributed by atoms with Crippen molar-refractivity contribution in [1.82, 2.24) is 0 Å². The van der Waals surface area contributed by atoms with E-state index in [0.29, 0.717) is 12.0 Å². The van der Waals surface area contributed by atoms with E-state index in [9.17, 15) is 14.7 Å². The largest absolute Gasteiger partial charge is 0.478 e. The molecule has 1 N–H and O–H groups in total. The molecule has 0 atom stereocenters. The lowest BCUT2D eigenvalue weighted by Crippen LogP contribution is -2.09. The Morgan fingerprint density at radius 3 is 2.26 bits per heavy atom. The molecule has 0 heterocycles. The number of unbranched alkanes of at least 4 members (excludes halogenated alkanes) is 5. The number of hydrogen-bond acceptors (Lipinski definition) is 3. The van der Waals surface area contributed by atoms with Crippen molar-refractivity contribution >= 4 is 24.3 Å². The zero-order valence-corrected chi connectivity index (χ0v) is 16.5. The van der Waals surface area contributed by atoms with E-state index < -0.39 is 5.97 Å². The zero-order chi connectivity index (χ0) is 18.8. The van der Waals surface area contributed by atoms with Crippen LogP contribution < -0.4 is 4.74 Å². The lowest BCUT2D eigenvalue weighted by Gasteiger charge is -2.10. The topological polar surface area (TPSA) is 63.6 Å². The second kappa shape index (κ2) is 12.1. The zero-order valence-electron chi connectivity index (χ0n) is 15.6. The lowest BCUT2D eigenvalue weighted by molar-refractivity contribution is -0.134. The first-order valence-corrected chi connectivity index (χ1v) is 9.25. The van der Waals surface area contributed by atoms with Gasteiger partial charge in [0.1, 0.15) is 5.75 Å². The van der Waals surface area contributed by atoms with Crippen molar-refractivity contribution in [3.8, 4) is 16.9 Å². The summed E-state index contributed by atoms with van der Waals surface area (Å²) < 4.78 is 5.32. The van der Waals surface area contributed by atoms with Crippen LogP contribution in [0, 0.1) is 0 Å². The summed E-state index contributed by atoms with van der Waals surface area (Å²) in [6.07, 6.45) is 6.95. The van der Waals surface area contributed by atoms with Gasteiger partial charge in [-0.15, -0.1) is 12.4 Å². The minimum atomic E-state index is -1.04. The van der Waals surface area contributed by atoms with Crippen molar-refractivity contribution in [2.45, 2.75) is 51.9 Å². The summed E-state index contributed by atoms with van der Waals surface area (Å²) in [4.78, 5) is 23.6. The van der Waals surface area contributed by atoms with E-state index >= 15 is 0 Å². The monoisotopic (exact) mass is 390 g/mol. The number of carbonyl (C=O) groups is 2. The van der Waals surface area contributed by atoms with Crippen molar-refractivity contribution in [3.63, 3.8) is 0 Å². The number of carbonyl (C=O) groups excluding carboxylic acids is 1. The molecule has 146 valence electrons. The smallest absolute Gasteiger partial charge is 0.336 e. The van der Waals surface area contributed by atoms with Crippen LogP contribution in [-0.2, 0) is 4.79 Å². The second-order valence-electron chi connectivity index (χ2n) is 6.37. The Labute approximate surface area is 167 Å². The van der Waals surface area contributed by atoms with E-state index in [2.05, 4.69) is 6.92 Å².